The molecule has 2 amide bonds. The molecule has 0 radical (unpaired) electrons. The van der Waals surface area contributed by atoms with Gasteiger partial charge in [-0.3, -0.25) is 14.7 Å². The van der Waals surface area contributed by atoms with Crippen molar-refractivity contribution < 1.29 is 19.4 Å². The van der Waals surface area contributed by atoms with Crippen molar-refractivity contribution >= 4 is 29.2 Å². The van der Waals surface area contributed by atoms with Gasteiger partial charge in [-0.05, 0) is 48.4 Å². The number of nitrogens with zero attached hydrogens (tertiary/aromatic N) is 5. The summed E-state index contributed by atoms with van der Waals surface area (Å²) >= 11 is 0. The van der Waals surface area contributed by atoms with E-state index in [1.54, 1.807) is 0 Å². The standard InChI is InChI=1S/C31H42N8O4/c1-20-19-42-16-14-38(20)30-37-36-28-12-9-21(18-39(28)30)43-25-11-10-24(22-7-5-6-8-23(22)25)34-29(41)35-27(33-13-15-40)17-26(32)31(2,3)4/h5-9,12,18,20,24-25,32,40H,10-11,13-17,19H2,1-4H3,(H2,33,34,35,41). The van der Waals surface area contributed by atoms with E-state index in [-0.39, 0.29) is 49.2 Å². The Kier molecular flexibility index (Phi) is 9.26. The van der Waals surface area contributed by atoms with E-state index in [9.17, 15) is 9.90 Å². The molecule has 1 saturated heterocycles. The van der Waals surface area contributed by atoms with Crippen LogP contribution in [-0.4, -0.2) is 76.2 Å². The zero-order chi connectivity index (χ0) is 30.6. The highest BCUT2D eigenvalue weighted by Gasteiger charge is 2.30. The smallest absolute Gasteiger partial charge is 0.320 e. The minimum absolute atomic E-state index is 0.134. The molecule has 2 aromatic heterocycles. The lowest BCUT2D eigenvalue weighted by molar-refractivity contribution is 0.0980. The number of aliphatic imine (C=N–C) groups is 1. The number of fused-ring (bicyclic) bond motifs is 2. The number of pyridine rings is 1. The van der Waals surface area contributed by atoms with Crippen molar-refractivity contribution in [3.05, 3.63) is 53.7 Å². The summed E-state index contributed by atoms with van der Waals surface area (Å²) in [4.78, 5) is 19.6. The van der Waals surface area contributed by atoms with Crippen molar-refractivity contribution in [2.75, 3.05) is 37.8 Å². The summed E-state index contributed by atoms with van der Waals surface area (Å²) in [6.07, 6.45) is 3.34. The Morgan fingerprint density at radius 2 is 1.98 bits per heavy atom. The average molecular weight is 591 g/mol. The van der Waals surface area contributed by atoms with Crippen LogP contribution in [0.2, 0.25) is 0 Å². The van der Waals surface area contributed by atoms with Gasteiger partial charge in [-0.15, -0.1) is 10.2 Å². The summed E-state index contributed by atoms with van der Waals surface area (Å²) in [6.45, 7) is 10.0. The van der Waals surface area contributed by atoms with Crippen LogP contribution in [0.15, 0.2) is 47.6 Å². The van der Waals surface area contributed by atoms with Crippen molar-refractivity contribution in [1.82, 2.24) is 25.2 Å². The van der Waals surface area contributed by atoms with Crippen LogP contribution in [0.25, 0.3) is 5.65 Å². The first kappa shape index (κ1) is 30.4. The zero-order valence-corrected chi connectivity index (χ0v) is 25.3. The van der Waals surface area contributed by atoms with Crippen molar-refractivity contribution in [3.8, 4) is 5.75 Å². The first-order chi connectivity index (χ1) is 20.6. The van der Waals surface area contributed by atoms with Gasteiger partial charge >= 0.3 is 6.03 Å². The van der Waals surface area contributed by atoms with Crippen LogP contribution in [0, 0.1) is 10.8 Å². The maximum Gasteiger partial charge on any atom is 0.320 e. The number of nitrogens with one attached hydrogen (secondary N) is 3. The number of aliphatic hydroxyl groups is 1. The number of anilines is 1. The highest BCUT2D eigenvalue weighted by molar-refractivity contribution is 6.09. The zero-order valence-electron chi connectivity index (χ0n) is 25.3. The van der Waals surface area contributed by atoms with Crippen LogP contribution in [0.1, 0.15) is 70.2 Å². The van der Waals surface area contributed by atoms with E-state index < -0.39 is 0 Å². The molecule has 1 aliphatic carbocycles. The molecule has 4 N–H and O–H groups in total. The molecule has 1 aromatic carbocycles. The molecule has 2 aliphatic rings. The molecule has 3 aromatic rings. The van der Waals surface area contributed by atoms with E-state index in [0.29, 0.717) is 43.4 Å². The number of hydrogen-bond donors (Lipinski definition) is 4. The maximum absolute atomic E-state index is 13.1. The molecule has 12 heteroatoms. The van der Waals surface area contributed by atoms with E-state index in [0.717, 1.165) is 29.3 Å². The quantitative estimate of drug-likeness (QED) is 0.228. The second-order valence-electron chi connectivity index (χ2n) is 12.1. The summed E-state index contributed by atoms with van der Waals surface area (Å²) in [5.41, 5.74) is 2.87. The summed E-state index contributed by atoms with van der Waals surface area (Å²) in [5, 5.41) is 32.3. The second-order valence-corrected chi connectivity index (χ2v) is 12.1. The van der Waals surface area contributed by atoms with Crippen LogP contribution < -0.4 is 20.3 Å². The summed E-state index contributed by atoms with van der Waals surface area (Å²) in [7, 11) is 0. The summed E-state index contributed by atoms with van der Waals surface area (Å²) in [5.74, 6) is 1.85. The molecule has 3 atom stereocenters. The Labute approximate surface area is 252 Å². The molecule has 0 spiro atoms. The van der Waals surface area contributed by atoms with Crippen molar-refractivity contribution in [1.29, 1.82) is 5.41 Å². The lowest BCUT2D eigenvalue weighted by Gasteiger charge is -2.33. The number of urea groups is 1. The predicted molar refractivity (Wildman–Crippen MR) is 165 cm³/mol. The number of aromatic nitrogens is 3. The molecule has 1 aliphatic heterocycles. The molecule has 3 heterocycles. The number of amides is 2. The topological polar surface area (TPSA) is 149 Å². The van der Waals surface area contributed by atoms with Crippen LogP contribution in [0.3, 0.4) is 0 Å². The van der Waals surface area contributed by atoms with Crippen LogP contribution in [0.4, 0.5) is 10.7 Å². The van der Waals surface area contributed by atoms with E-state index in [1.807, 2.05) is 67.8 Å². The highest BCUT2D eigenvalue weighted by Crippen LogP contribution is 2.39. The van der Waals surface area contributed by atoms with Crippen molar-refractivity contribution in [2.45, 2.75) is 65.1 Å². The van der Waals surface area contributed by atoms with Gasteiger partial charge in [0.25, 0.3) is 0 Å². The minimum atomic E-state index is -0.388. The monoisotopic (exact) mass is 590 g/mol. The Morgan fingerprint density at radius 1 is 1.19 bits per heavy atom. The molecule has 12 nitrogen and oxygen atoms in total. The molecule has 1 fully saturated rings. The lowest BCUT2D eigenvalue weighted by Crippen LogP contribution is -2.44. The fourth-order valence-corrected chi connectivity index (χ4v) is 5.42. The minimum Gasteiger partial charge on any atom is -0.484 e. The van der Waals surface area contributed by atoms with Gasteiger partial charge in [-0.1, -0.05) is 45.0 Å². The Hall–Kier alpha value is -4.03. The van der Waals surface area contributed by atoms with Gasteiger partial charge in [0, 0.05) is 18.7 Å². The number of ether oxygens (including phenoxy) is 2. The molecule has 5 rings (SSSR count). The Morgan fingerprint density at radius 3 is 2.72 bits per heavy atom. The molecule has 0 saturated carbocycles. The van der Waals surface area contributed by atoms with Gasteiger partial charge in [0.2, 0.25) is 5.95 Å². The molecule has 0 bridgehead atoms. The molecule has 3 unspecified atom stereocenters. The average Bonchev–Trinajstić information content (AvgIpc) is 3.40. The number of amidine groups is 1. The second kappa shape index (κ2) is 13.1. The van der Waals surface area contributed by atoms with Crippen molar-refractivity contribution in [2.24, 2.45) is 10.4 Å². The van der Waals surface area contributed by atoms with E-state index >= 15 is 0 Å². The van der Waals surface area contributed by atoms with E-state index in [4.69, 9.17) is 14.9 Å². The first-order valence-electron chi connectivity index (χ1n) is 14.9. The highest BCUT2D eigenvalue weighted by atomic mass is 16.5. The number of rotatable bonds is 8. The van der Waals surface area contributed by atoms with E-state index in [2.05, 4.69) is 37.6 Å². The number of benzene rings is 1. The molecular weight excluding hydrogens is 548 g/mol. The number of aliphatic hydroxyl groups excluding tert-OH is 1. The third kappa shape index (κ3) is 7.14. The summed E-state index contributed by atoms with van der Waals surface area (Å²) < 4.78 is 14.1. The third-order valence-corrected chi connectivity index (χ3v) is 7.91. The van der Waals surface area contributed by atoms with Gasteiger partial charge < -0.3 is 30.2 Å². The number of morpholine rings is 1. The normalized spacial score (nSPS) is 20.9. The number of carbonyl (C=O) groups is 1. The summed E-state index contributed by atoms with van der Waals surface area (Å²) in [6, 6.07) is 11.4. The van der Waals surface area contributed by atoms with Crippen LogP contribution >= 0.6 is 0 Å². The fraction of sp³-hybridized carbons (Fsp3) is 0.516. The van der Waals surface area contributed by atoms with Crippen molar-refractivity contribution in [3.63, 3.8) is 0 Å². The molecule has 43 heavy (non-hydrogen) atoms. The van der Waals surface area contributed by atoms with Crippen LogP contribution in [0.5, 0.6) is 5.75 Å². The van der Waals surface area contributed by atoms with Gasteiger partial charge in [0.1, 0.15) is 17.7 Å². The predicted octanol–water partition coefficient (Wildman–Crippen LogP) is 4.06. The SMILES string of the molecule is CC1COCCN1c1nnc2ccc(OC3CCC(NC(=O)NC(CC(=N)C(C)(C)C)=NCCO)c4ccccc43)cn12. The van der Waals surface area contributed by atoms with Gasteiger partial charge in [-0.2, -0.15) is 0 Å². The van der Waals surface area contributed by atoms with Gasteiger partial charge in [-0.25, -0.2) is 4.79 Å². The molecular formula is C31H42N8O4. The first-order valence-corrected chi connectivity index (χ1v) is 14.9. The Balaban J connectivity index is 1.29. The fourth-order valence-electron chi connectivity index (χ4n) is 5.42. The van der Waals surface area contributed by atoms with Crippen LogP contribution in [-0.2, 0) is 4.74 Å². The third-order valence-electron chi connectivity index (χ3n) is 7.91. The largest absolute Gasteiger partial charge is 0.484 e. The maximum atomic E-state index is 13.1. The van der Waals surface area contributed by atoms with E-state index in [1.165, 1.54) is 0 Å². The Bertz CT molecular complexity index is 1480. The van der Waals surface area contributed by atoms with Gasteiger partial charge in [0.15, 0.2) is 5.65 Å². The molecule has 230 valence electrons. The number of hydrogen-bond acceptors (Lipinski definition) is 9. The van der Waals surface area contributed by atoms with Gasteiger partial charge in [0.05, 0.1) is 44.6 Å². The lowest BCUT2D eigenvalue weighted by atomic mass is 9.85. The number of carbonyl (C=O) groups excluding carboxylic acids is 1.